The van der Waals surface area contributed by atoms with Crippen molar-refractivity contribution in [2.24, 2.45) is 5.14 Å². The first kappa shape index (κ1) is 13.5. The van der Waals surface area contributed by atoms with Crippen molar-refractivity contribution in [1.29, 1.82) is 0 Å². The molecule has 0 atom stereocenters. The molecule has 0 amide bonds. The Morgan fingerprint density at radius 2 is 1.81 bits per heavy atom. The fourth-order valence-electron chi connectivity index (χ4n) is 1.13. The minimum Gasteiger partial charge on any atom is -0.494 e. The summed E-state index contributed by atoms with van der Waals surface area (Å²) in [5.74, 6) is 0.787. The van der Waals surface area contributed by atoms with Gasteiger partial charge in [0.05, 0.1) is 12.4 Å². The van der Waals surface area contributed by atoms with E-state index in [2.05, 4.69) is 15.9 Å². The molecule has 0 fully saturated rings. The van der Waals surface area contributed by atoms with Gasteiger partial charge < -0.3 is 4.74 Å². The SMILES string of the molecule is NS(=O)(=O)CCCCOc1ccc(Br)cc1. The Hall–Kier alpha value is -0.590. The molecule has 90 valence electrons. The van der Waals surface area contributed by atoms with Crippen LogP contribution in [-0.4, -0.2) is 20.8 Å². The molecule has 16 heavy (non-hydrogen) atoms. The lowest BCUT2D eigenvalue weighted by Crippen LogP contribution is -2.16. The highest BCUT2D eigenvalue weighted by Gasteiger charge is 2.01. The molecule has 0 aliphatic heterocycles. The molecule has 0 unspecified atom stereocenters. The van der Waals surface area contributed by atoms with E-state index in [-0.39, 0.29) is 5.75 Å². The quantitative estimate of drug-likeness (QED) is 0.816. The van der Waals surface area contributed by atoms with Gasteiger partial charge in [-0.2, -0.15) is 0 Å². The van der Waals surface area contributed by atoms with Crippen LogP contribution >= 0.6 is 15.9 Å². The fourth-order valence-corrected chi connectivity index (χ4v) is 2.00. The summed E-state index contributed by atoms with van der Waals surface area (Å²) in [5.41, 5.74) is 0. The van der Waals surface area contributed by atoms with Crippen molar-refractivity contribution in [2.75, 3.05) is 12.4 Å². The van der Waals surface area contributed by atoms with Crippen molar-refractivity contribution in [1.82, 2.24) is 0 Å². The Bertz CT molecular complexity index is 416. The second kappa shape index (κ2) is 6.22. The van der Waals surface area contributed by atoms with Crippen molar-refractivity contribution < 1.29 is 13.2 Å². The number of primary sulfonamides is 1. The van der Waals surface area contributed by atoms with E-state index in [1.165, 1.54) is 0 Å². The molecular formula is C10H14BrNO3S. The van der Waals surface area contributed by atoms with Crippen LogP contribution in [0.4, 0.5) is 0 Å². The summed E-state index contributed by atoms with van der Waals surface area (Å²) >= 11 is 3.32. The normalized spacial score (nSPS) is 11.4. The van der Waals surface area contributed by atoms with Crippen LogP contribution in [-0.2, 0) is 10.0 Å². The maximum Gasteiger partial charge on any atom is 0.209 e. The molecule has 0 bridgehead atoms. The number of rotatable bonds is 6. The van der Waals surface area contributed by atoms with Crippen LogP contribution in [0.5, 0.6) is 5.75 Å². The summed E-state index contributed by atoms with van der Waals surface area (Å²) in [4.78, 5) is 0. The lowest BCUT2D eigenvalue weighted by atomic mass is 10.3. The van der Waals surface area contributed by atoms with Gasteiger partial charge in [-0.1, -0.05) is 15.9 Å². The average molecular weight is 308 g/mol. The number of sulfonamides is 1. The lowest BCUT2D eigenvalue weighted by Gasteiger charge is -2.05. The zero-order valence-electron chi connectivity index (χ0n) is 8.73. The summed E-state index contributed by atoms with van der Waals surface area (Å²) in [7, 11) is -3.34. The number of benzene rings is 1. The summed E-state index contributed by atoms with van der Waals surface area (Å²) in [6.07, 6.45) is 1.20. The highest BCUT2D eigenvalue weighted by atomic mass is 79.9. The predicted octanol–water partition coefficient (Wildman–Crippen LogP) is 1.90. The van der Waals surface area contributed by atoms with Gasteiger partial charge in [-0.25, -0.2) is 13.6 Å². The number of ether oxygens (including phenoxy) is 1. The van der Waals surface area contributed by atoms with E-state index in [0.29, 0.717) is 19.4 Å². The van der Waals surface area contributed by atoms with Gasteiger partial charge in [0.1, 0.15) is 5.75 Å². The van der Waals surface area contributed by atoms with Gasteiger partial charge in [0.2, 0.25) is 10.0 Å². The van der Waals surface area contributed by atoms with Gasteiger partial charge in [-0.05, 0) is 37.1 Å². The van der Waals surface area contributed by atoms with Crippen LogP contribution in [0.2, 0.25) is 0 Å². The predicted molar refractivity (Wildman–Crippen MR) is 66.8 cm³/mol. The van der Waals surface area contributed by atoms with E-state index in [4.69, 9.17) is 9.88 Å². The smallest absolute Gasteiger partial charge is 0.209 e. The number of nitrogens with two attached hydrogens (primary N) is 1. The summed E-state index contributed by atoms with van der Waals surface area (Å²) < 4.78 is 27.7. The second-order valence-corrected chi connectivity index (χ2v) is 6.03. The molecule has 0 aromatic heterocycles. The number of unbranched alkanes of at least 4 members (excludes halogenated alkanes) is 1. The maximum atomic E-state index is 10.6. The van der Waals surface area contributed by atoms with Crippen LogP contribution < -0.4 is 9.88 Å². The highest BCUT2D eigenvalue weighted by Crippen LogP contribution is 2.16. The molecule has 1 aromatic rings. The number of hydrogen-bond acceptors (Lipinski definition) is 3. The van der Waals surface area contributed by atoms with Crippen LogP contribution in [0.1, 0.15) is 12.8 Å². The minimum atomic E-state index is -3.34. The molecule has 0 saturated heterocycles. The highest BCUT2D eigenvalue weighted by molar-refractivity contribution is 9.10. The molecule has 1 aromatic carbocycles. The Morgan fingerprint density at radius 1 is 1.19 bits per heavy atom. The first-order valence-corrected chi connectivity index (χ1v) is 7.37. The molecule has 2 N–H and O–H groups in total. The van der Waals surface area contributed by atoms with Crippen molar-refractivity contribution in [2.45, 2.75) is 12.8 Å². The third-order valence-corrected chi connectivity index (χ3v) is 3.29. The van der Waals surface area contributed by atoms with Crippen LogP contribution in [0.3, 0.4) is 0 Å². The zero-order chi connectivity index (χ0) is 12.0. The molecule has 0 heterocycles. The maximum absolute atomic E-state index is 10.6. The molecule has 4 nitrogen and oxygen atoms in total. The molecule has 0 saturated carbocycles. The lowest BCUT2D eigenvalue weighted by molar-refractivity contribution is 0.309. The van der Waals surface area contributed by atoms with Crippen molar-refractivity contribution in [3.05, 3.63) is 28.7 Å². The van der Waals surface area contributed by atoms with Gasteiger partial charge in [0.25, 0.3) is 0 Å². The Kier molecular flexibility index (Phi) is 5.24. The second-order valence-electron chi connectivity index (χ2n) is 3.38. The summed E-state index contributed by atoms with van der Waals surface area (Å²) in [6, 6.07) is 7.48. The standard InChI is InChI=1S/C10H14BrNO3S/c11-9-3-5-10(6-4-9)15-7-1-2-8-16(12,13)14/h3-6H,1-2,7-8H2,(H2,12,13,14). The molecule has 0 spiro atoms. The summed E-state index contributed by atoms with van der Waals surface area (Å²) in [6.45, 7) is 0.497. The molecule has 0 aliphatic carbocycles. The first-order valence-electron chi connectivity index (χ1n) is 4.86. The third-order valence-electron chi connectivity index (χ3n) is 1.91. The molecule has 1 rings (SSSR count). The van der Waals surface area contributed by atoms with E-state index in [1.807, 2.05) is 24.3 Å². The first-order chi connectivity index (χ1) is 7.47. The monoisotopic (exact) mass is 307 g/mol. The van der Waals surface area contributed by atoms with E-state index in [1.54, 1.807) is 0 Å². The molecule has 6 heteroatoms. The van der Waals surface area contributed by atoms with E-state index < -0.39 is 10.0 Å². The van der Waals surface area contributed by atoms with Crippen molar-refractivity contribution >= 4 is 26.0 Å². The molecule has 0 radical (unpaired) electrons. The van der Waals surface area contributed by atoms with E-state index >= 15 is 0 Å². The topological polar surface area (TPSA) is 69.4 Å². The number of halogens is 1. The third kappa shape index (κ3) is 6.09. The summed E-state index contributed by atoms with van der Waals surface area (Å²) in [5, 5.41) is 4.87. The Labute approximate surface area is 104 Å². The largest absolute Gasteiger partial charge is 0.494 e. The average Bonchev–Trinajstić information content (AvgIpc) is 2.19. The van der Waals surface area contributed by atoms with Gasteiger partial charge in [0.15, 0.2) is 0 Å². The number of hydrogen-bond donors (Lipinski definition) is 1. The zero-order valence-corrected chi connectivity index (χ0v) is 11.1. The van der Waals surface area contributed by atoms with Gasteiger partial charge in [-0.15, -0.1) is 0 Å². The van der Waals surface area contributed by atoms with Crippen LogP contribution in [0.15, 0.2) is 28.7 Å². The molecular weight excluding hydrogens is 294 g/mol. The van der Waals surface area contributed by atoms with Gasteiger partial charge >= 0.3 is 0 Å². The van der Waals surface area contributed by atoms with Crippen LogP contribution in [0.25, 0.3) is 0 Å². The van der Waals surface area contributed by atoms with E-state index in [9.17, 15) is 8.42 Å². The van der Waals surface area contributed by atoms with Crippen molar-refractivity contribution in [3.8, 4) is 5.75 Å². The minimum absolute atomic E-state index is 0.0106. The van der Waals surface area contributed by atoms with Crippen LogP contribution in [0, 0.1) is 0 Å². The Balaban J connectivity index is 2.19. The molecule has 0 aliphatic rings. The van der Waals surface area contributed by atoms with Gasteiger partial charge in [-0.3, -0.25) is 0 Å². The Morgan fingerprint density at radius 3 is 2.38 bits per heavy atom. The van der Waals surface area contributed by atoms with Crippen molar-refractivity contribution in [3.63, 3.8) is 0 Å². The fraction of sp³-hybridized carbons (Fsp3) is 0.400. The van der Waals surface area contributed by atoms with E-state index in [0.717, 1.165) is 10.2 Å². The van der Waals surface area contributed by atoms with Gasteiger partial charge in [0, 0.05) is 4.47 Å².